The van der Waals surface area contributed by atoms with Crippen molar-refractivity contribution in [2.75, 3.05) is 4.72 Å². The zero-order chi connectivity index (χ0) is 15.6. The molecule has 0 saturated carbocycles. The van der Waals surface area contributed by atoms with Crippen molar-refractivity contribution in [3.8, 4) is 0 Å². The molecule has 0 aromatic heterocycles. The third-order valence-corrected chi connectivity index (χ3v) is 5.27. The standard InChI is InChI=1S/C13H11Br2FN2O2S/c14-9-1-3-11(15)13(6-9)18-21(19,20)10-2-4-12(16)8(5-10)7-17/h1-6,18H,7,17H2. The lowest BCUT2D eigenvalue weighted by molar-refractivity contribution is 0.596. The summed E-state index contributed by atoms with van der Waals surface area (Å²) in [6, 6.07) is 8.61. The maximum atomic E-state index is 13.4. The van der Waals surface area contributed by atoms with Gasteiger partial charge in [-0.2, -0.15) is 0 Å². The number of rotatable bonds is 4. The molecule has 4 nitrogen and oxygen atoms in total. The first-order valence-electron chi connectivity index (χ1n) is 5.80. The van der Waals surface area contributed by atoms with Crippen molar-refractivity contribution < 1.29 is 12.8 Å². The summed E-state index contributed by atoms with van der Waals surface area (Å²) in [5.41, 5.74) is 5.91. The van der Waals surface area contributed by atoms with E-state index in [1.54, 1.807) is 18.2 Å². The van der Waals surface area contributed by atoms with E-state index in [9.17, 15) is 12.8 Å². The minimum Gasteiger partial charge on any atom is -0.326 e. The number of nitrogens with two attached hydrogens (primary N) is 1. The molecule has 2 aromatic carbocycles. The third kappa shape index (κ3) is 3.82. The lowest BCUT2D eigenvalue weighted by Gasteiger charge is -2.11. The van der Waals surface area contributed by atoms with E-state index in [1.165, 1.54) is 12.1 Å². The van der Waals surface area contributed by atoms with E-state index in [2.05, 4.69) is 36.6 Å². The number of anilines is 1. The molecule has 2 rings (SSSR count). The van der Waals surface area contributed by atoms with Crippen LogP contribution in [0.4, 0.5) is 10.1 Å². The summed E-state index contributed by atoms with van der Waals surface area (Å²) in [5, 5.41) is 0. The van der Waals surface area contributed by atoms with Gasteiger partial charge in [-0.25, -0.2) is 12.8 Å². The quantitative estimate of drug-likeness (QED) is 0.767. The fraction of sp³-hybridized carbons (Fsp3) is 0.0769. The lowest BCUT2D eigenvalue weighted by atomic mass is 10.2. The number of halogens is 3. The molecule has 0 aliphatic rings. The second-order valence-corrected chi connectivity index (χ2v) is 7.64. The summed E-state index contributed by atoms with van der Waals surface area (Å²) < 4.78 is 41.8. The molecule has 0 atom stereocenters. The van der Waals surface area contributed by atoms with Gasteiger partial charge in [0.15, 0.2) is 0 Å². The number of sulfonamides is 1. The summed E-state index contributed by atoms with van der Waals surface area (Å²) in [5.74, 6) is -0.528. The molecule has 0 aliphatic heterocycles. The van der Waals surface area contributed by atoms with Crippen molar-refractivity contribution in [3.05, 3.63) is 56.7 Å². The predicted molar refractivity (Wildman–Crippen MR) is 86.9 cm³/mol. The van der Waals surface area contributed by atoms with Crippen molar-refractivity contribution in [2.45, 2.75) is 11.4 Å². The largest absolute Gasteiger partial charge is 0.326 e. The fourth-order valence-electron chi connectivity index (χ4n) is 1.65. The molecule has 0 unspecified atom stereocenters. The summed E-state index contributed by atoms with van der Waals surface area (Å²) in [6.07, 6.45) is 0. The molecule has 0 bridgehead atoms. The van der Waals surface area contributed by atoms with Crippen LogP contribution in [0.15, 0.2) is 50.2 Å². The Morgan fingerprint density at radius 3 is 2.52 bits per heavy atom. The second-order valence-electron chi connectivity index (χ2n) is 4.19. The van der Waals surface area contributed by atoms with Gasteiger partial charge in [0.2, 0.25) is 0 Å². The zero-order valence-electron chi connectivity index (χ0n) is 10.6. The topological polar surface area (TPSA) is 72.2 Å². The molecule has 0 aliphatic carbocycles. The first kappa shape index (κ1) is 16.4. The first-order valence-corrected chi connectivity index (χ1v) is 8.87. The van der Waals surface area contributed by atoms with Crippen LogP contribution >= 0.6 is 31.9 Å². The molecule has 112 valence electrons. The maximum Gasteiger partial charge on any atom is 0.261 e. The number of benzene rings is 2. The van der Waals surface area contributed by atoms with Gasteiger partial charge in [0.25, 0.3) is 10.0 Å². The van der Waals surface area contributed by atoms with E-state index in [-0.39, 0.29) is 17.0 Å². The normalized spacial score (nSPS) is 11.4. The van der Waals surface area contributed by atoms with Crippen molar-refractivity contribution in [1.82, 2.24) is 0 Å². The van der Waals surface area contributed by atoms with E-state index in [0.29, 0.717) is 10.2 Å². The minimum atomic E-state index is -3.82. The van der Waals surface area contributed by atoms with Gasteiger partial charge in [0.1, 0.15) is 5.82 Å². The molecule has 8 heteroatoms. The Balaban J connectivity index is 2.41. The number of nitrogens with one attached hydrogen (secondary N) is 1. The first-order chi connectivity index (χ1) is 9.83. The van der Waals surface area contributed by atoms with Gasteiger partial charge in [0, 0.05) is 21.1 Å². The lowest BCUT2D eigenvalue weighted by Crippen LogP contribution is -2.14. The van der Waals surface area contributed by atoms with E-state index < -0.39 is 15.8 Å². The average molecular weight is 438 g/mol. The highest BCUT2D eigenvalue weighted by molar-refractivity contribution is 9.11. The Hall–Kier alpha value is -0.960. The monoisotopic (exact) mass is 436 g/mol. The number of hydrogen-bond donors (Lipinski definition) is 2. The van der Waals surface area contributed by atoms with Gasteiger partial charge in [-0.15, -0.1) is 0 Å². The summed E-state index contributed by atoms with van der Waals surface area (Å²) in [4.78, 5) is -0.0452. The van der Waals surface area contributed by atoms with Crippen LogP contribution in [0.5, 0.6) is 0 Å². The zero-order valence-corrected chi connectivity index (χ0v) is 14.6. The molecule has 21 heavy (non-hydrogen) atoms. The van der Waals surface area contributed by atoms with E-state index in [1.807, 2.05) is 0 Å². The van der Waals surface area contributed by atoms with Crippen molar-refractivity contribution in [2.24, 2.45) is 5.73 Å². The van der Waals surface area contributed by atoms with Crippen molar-refractivity contribution in [1.29, 1.82) is 0 Å². The van der Waals surface area contributed by atoms with Gasteiger partial charge in [-0.3, -0.25) is 4.72 Å². The van der Waals surface area contributed by atoms with Crippen LogP contribution in [0.3, 0.4) is 0 Å². The summed E-state index contributed by atoms with van der Waals surface area (Å²) in [6.45, 7) is -0.0736. The SMILES string of the molecule is NCc1cc(S(=O)(=O)Nc2cc(Br)ccc2Br)ccc1F. The predicted octanol–water partition coefficient (Wildman–Crippen LogP) is 3.61. The summed E-state index contributed by atoms with van der Waals surface area (Å²) in [7, 11) is -3.82. The Morgan fingerprint density at radius 1 is 1.14 bits per heavy atom. The molecule has 0 heterocycles. The van der Waals surface area contributed by atoms with Gasteiger partial charge in [-0.05, 0) is 52.3 Å². The number of hydrogen-bond acceptors (Lipinski definition) is 3. The molecule has 0 spiro atoms. The van der Waals surface area contributed by atoms with Gasteiger partial charge in [-0.1, -0.05) is 15.9 Å². The third-order valence-electron chi connectivity index (χ3n) is 2.72. The van der Waals surface area contributed by atoms with Crippen LogP contribution in [0.25, 0.3) is 0 Å². The molecule has 0 saturated heterocycles. The van der Waals surface area contributed by atoms with Crippen molar-refractivity contribution >= 4 is 47.6 Å². The Kier molecular flexibility index (Phi) is 5.03. The van der Waals surface area contributed by atoms with Crippen LogP contribution in [0, 0.1) is 5.82 Å². The molecule has 3 N–H and O–H groups in total. The molecule has 0 radical (unpaired) electrons. The van der Waals surface area contributed by atoms with Crippen LogP contribution in [-0.2, 0) is 16.6 Å². The Morgan fingerprint density at radius 2 is 1.86 bits per heavy atom. The van der Waals surface area contributed by atoms with E-state index in [4.69, 9.17) is 5.73 Å². The van der Waals surface area contributed by atoms with E-state index in [0.717, 1.165) is 10.5 Å². The molecule has 0 fully saturated rings. The smallest absolute Gasteiger partial charge is 0.261 e. The highest BCUT2D eigenvalue weighted by Gasteiger charge is 2.17. The maximum absolute atomic E-state index is 13.4. The highest BCUT2D eigenvalue weighted by Crippen LogP contribution is 2.28. The van der Waals surface area contributed by atoms with Crippen LogP contribution < -0.4 is 10.5 Å². The highest BCUT2D eigenvalue weighted by atomic mass is 79.9. The van der Waals surface area contributed by atoms with Crippen molar-refractivity contribution in [3.63, 3.8) is 0 Å². The summed E-state index contributed by atoms with van der Waals surface area (Å²) >= 11 is 6.54. The molecule has 2 aromatic rings. The Bertz CT molecular complexity index is 782. The molecular formula is C13H11Br2FN2O2S. The van der Waals surface area contributed by atoms with Gasteiger partial charge >= 0.3 is 0 Å². The fourth-order valence-corrected chi connectivity index (χ4v) is 3.61. The minimum absolute atomic E-state index is 0.0452. The van der Waals surface area contributed by atoms with Crippen LogP contribution in [0.1, 0.15) is 5.56 Å². The Labute approximate surface area is 138 Å². The molecular weight excluding hydrogens is 427 g/mol. The average Bonchev–Trinajstić information content (AvgIpc) is 2.43. The van der Waals surface area contributed by atoms with Crippen LogP contribution in [0.2, 0.25) is 0 Å². The van der Waals surface area contributed by atoms with Gasteiger partial charge in [0.05, 0.1) is 10.6 Å². The molecule has 0 amide bonds. The van der Waals surface area contributed by atoms with E-state index >= 15 is 0 Å². The second kappa shape index (κ2) is 6.43. The van der Waals surface area contributed by atoms with Crippen LogP contribution in [-0.4, -0.2) is 8.42 Å². The van der Waals surface area contributed by atoms with Gasteiger partial charge < -0.3 is 5.73 Å².